The molecule has 0 saturated heterocycles. The summed E-state index contributed by atoms with van der Waals surface area (Å²) in [5, 5.41) is 14.6. The Morgan fingerprint density at radius 2 is 2.00 bits per heavy atom. The lowest BCUT2D eigenvalue weighted by Gasteiger charge is -2.21. The quantitative estimate of drug-likeness (QED) is 0.623. The third-order valence-corrected chi connectivity index (χ3v) is 5.93. The van der Waals surface area contributed by atoms with Crippen molar-refractivity contribution >= 4 is 23.4 Å². The average Bonchev–Trinajstić information content (AvgIpc) is 3.46. The highest BCUT2D eigenvalue weighted by atomic mass is 32.2. The van der Waals surface area contributed by atoms with E-state index in [2.05, 4.69) is 20.8 Å². The second kappa shape index (κ2) is 7.60. The van der Waals surface area contributed by atoms with E-state index in [-0.39, 0.29) is 17.5 Å². The summed E-state index contributed by atoms with van der Waals surface area (Å²) in [6.07, 6.45) is 3.92. The molecule has 5 rings (SSSR count). The molecule has 1 saturated carbocycles. The molecule has 3 aromatic rings. The molecular weight excluding hydrogens is 409 g/mol. The van der Waals surface area contributed by atoms with Gasteiger partial charge in [0.15, 0.2) is 11.5 Å². The number of rotatable bonds is 5. The van der Waals surface area contributed by atoms with Gasteiger partial charge >= 0.3 is 0 Å². The number of nitrogens with zero attached hydrogens (tertiary/aromatic N) is 4. The highest BCUT2D eigenvalue weighted by molar-refractivity contribution is 7.99. The minimum atomic E-state index is -0.533. The molecule has 0 radical (unpaired) electrons. The molecule has 1 aromatic heterocycles. The first-order valence-electron chi connectivity index (χ1n) is 9.59. The van der Waals surface area contributed by atoms with Crippen LogP contribution in [0.3, 0.4) is 0 Å². The second-order valence-electron chi connectivity index (χ2n) is 7.17. The van der Waals surface area contributed by atoms with Crippen molar-refractivity contribution in [3.63, 3.8) is 0 Å². The van der Waals surface area contributed by atoms with Gasteiger partial charge in [0.25, 0.3) is 5.79 Å². The van der Waals surface area contributed by atoms with Crippen molar-refractivity contribution in [2.45, 2.75) is 36.6 Å². The van der Waals surface area contributed by atoms with Crippen LogP contribution in [0.4, 0.5) is 10.1 Å². The fraction of sp³-hybridized carbons (Fsp3) is 0.300. The first-order valence-corrected chi connectivity index (χ1v) is 10.6. The number of hydrogen-bond acceptors (Lipinski definition) is 7. The van der Waals surface area contributed by atoms with Crippen molar-refractivity contribution in [1.82, 2.24) is 20.2 Å². The molecule has 1 fully saturated rings. The Hall–Kier alpha value is -3.14. The molecule has 0 bridgehead atoms. The van der Waals surface area contributed by atoms with Gasteiger partial charge in [-0.25, -0.2) is 4.39 Å². The van der Waals surface area contributed by atoms with E-state index in [0.717, 1.165) is 37.4 Å². The normalized spacial score (nSPS) is 16.2. The van der Waals surface area contributed by atoms with Crippen molar-refractivity contribution in [2.24, 2.45) is 0 Å². The Bertz CT molecular complexity index is 1100. The molecule has 1 aliphatic carbocycles. The smallest absolute Gasteiger partial charge is 0.251 e. The number of aromatic nitrogens is 4. The highest BCUT2D eigenvalue weighted by Crippen LogP contribution is 2.47. The van der Waals surface area contributed by atoms with Crippen molar-refractivity contribution in [1.29, 1.82) is 0 Å². The lowest BCUT2D eigenvalue weighted by atomic mass is 10.2. The molecule has 30 heavy (non-hydrogen) atoms. The van der Waals surface area contributed by atoms with Gasteiger partial charge in [0.05, 0.1) is 11.4 Å². The topological polar surface area (TPSA) is 91.2 Å². The Kier molecular flexibility index (Phi) is 4.78. The standard InChI is InChI=1S/C20H18FN5O3S/c21-13-4-3-5-15(10-13)26-19(23-24-25-26)30-12-18(27)22-14-6-7-16-17(11-14)29-20(28-16)8-1-2-9-20/h3-7,10-11H,1-2,8-9,12H2,(H,22,27). The number of ether oxygens (including phenoxy) is 2. The van der Waals surface area contributed by atoms with Crippen molar-refractivity contribution in [2.75, 3.05) is 11.1 Å². The first kappa shape index (κ1) is 18.9. The van der Waals surface area contributed by atoms with Crippen molar-refractivity contribution in [3.05, 3.63) is 48.3 Å². The zero-order chi connectivity index (χ0) is 20.6. The molecule has 0 atom stereocenters. The largest absolute Gasteiger partial charge is 0.448 e. The Morgan fingerprint density at radius 3 is 2.83 bits per heavy atom. The lowest BCUT2D eigenvalue weighted by molar-refractivity contribution is -0.113. The van der Waals surface area contributed by atoms with Gasteiger partial charge in [0.1, 0.15) is 5.82 Å². The zero-order valence-electron chi connectivity index (χ0n) is 15.9. The first-order chi connectivity index (χ1) is 14.6. The molecule has 1 N–H and O–H groups in total. The van der Waals surface area contributed by atoms with Crippen LogP contribution in [0.5, 0.6) is 11.5 Å². The molecule has 10 heteroatoms. The van der Waals surface area contributed by atoms with Crippen LogP contribution in [0.2, 0.25) is 0 Å². The number of nitrogens with one attached hydrogen (secondary N) is 1. The molecule has 2 aromatic carbocycles. The summed E-state index contributed by atoms with van der Waals surface area (Å²) < 4.78 is 26.9. The van der Waals surface area contributed by atoms with Gasteiger partial charge in [-0.15, -0.1) is 5.10 Å². The van der Waals surface area contributed by atoms with E-state index in [4.69, 9.17) is 9.47 Å². The van der Waals surface area contributed by atoms with Crippen LogP contribution in [0, 0.1) is 5.82 Å². The number of halogens is 1. The van der Waals surface area contributed by atoms with Crippen LogP contribution >= 0.6 is 11.8 Å². The Morgan fingerprint density at radius 1 is 1.17 bits per heavy atom. The number of fused-ring (bicyclic) bond motifs is 1. The number of carbonyl (C=O) groups is 1. The van der Waals surface area contributed by atoms with E-state index in [9.17, 15) is 9.18 Å². The molecular formula is C20H18FN5O3S. The summed E-state index contributed by atoms with van der Waals surface area (Å²) in [5.41, 5.74) is 1.11. The van der Waals surface area contributed by atoms with E-state index in [1.54, 1.807) is 24.3 Å². The zero-order valence-corrected chi connectivity index (χ0v) is 16.7. The van der Waals surface area contributed by atoms with E-state index in [1.807, 2.05) is 6.07 Å². The third kappa shape index (κ3) is 3.70. The van der Waals surface area contributed by atoms with E-state index < -0.39 is 5.79 Å². The fourth-order valence-electron chi connectivity index (χ4n) is 3.66. The SMILES string of the molecule is O=C(CSc1nnnn1-c1cccc(F)c1)Nc1ccc2c(c1)OC1(CCCC1)O2. The van der Waals surface area contributed by atoms with Crippen molar-refractivity contribution < 1.29 is 18.7 Å². The van der Waals surface area contributed by atoms with Crippen LogP contribution in [-0.4, -0.2) is 37.7 Å². The second-order valence-corrected chi connectivity index (χ2v) is 8.12. The van der Waals surface area contributed by atoms with Crippen molar-refractivity contribution in [3.8, 4) is 17.2 Å². The maximum Gasteiger partial charge on any atom is 0.251 e. The Balaban J connectivity index is 1.22. The molecule has 2 heterocycles. The monoisotopic (exact) mass is 427 g/mol. The minimum Gasteiger partial charge on any atom is -0.448 e. The van der Waals surface area contributed by atoms with E-state index in [0.29, 0.717) is 28.0 Å². The molecule has 1 aliphatic heterocycles. The van der Waals surface area contributed by atoms with Crippen LogP contribution in [-0.2, 0) is 4.79 Å². The molecule has 2 aliphatic rings. The van der Waals surface area contributed by atoms with Gasteiger partial charge < -0.3 is 14.8 Å². The van der Waals surface area contributed by atoms with Crippen LogP contribution in [0.15, 0.2) is 47.6 Å². The number of anilines is 1. The van der Waals surface area contributed by atoms with E-state index in [1.165, 1.54) is 16.8 Å². The minimum absolute atomic E-state index is 0.0913. The summed E-state index contributed by atoms with van der Waals surface area (Å²) in [6.45, 7) is 0. The van der Waals surface area contributed by atoms with Gasteiger partial charge in [-0.05, 0) is 53.6 Å². The van der Waals surface area contributed by atoms with Gasteiger partial charge in [-0.3, -0.25) is 4.79 Å². The van der Waals surface area contributed by atoms with Crippen LogP contribution < -0.4 is 14.8 Å². The number of tetrazole rings is 1. The molecule has 1 spiro atoms. The van der Waals surface area contributed by atoms with Gasteiger partial charge in [0.2, 0.25) is 11.1 Å². The summed E-state index contributed by atoms with van der Waals surface area (Å²) >= 11 is 1.16. The highest BCUT2D eigenvalue weighted by Gasteiger charge is 2.44. The molecule has 154 valence electrons. The predicted octanol–water partition coefficient (Wildman–Crippen LogP) is 3.57. The maximum absolute atomic E-state index is 13.5. The van der Waals surface area contributed by atoms with Crippen LogP contribution in [0.25, 0.3) is 5.69 Å². The van der Waals surface area contributed by atoms with Gasteiger partial charge in [-0.1, -0.05) is 17.8 Å². The summed E-state index contributed by atoms with van der Waals surface area (Å²) in [4.78, 5) is 12.4. The number of carbonyl (C=O) groups excluding carboxylic acids is 1. The summed E-state index contributed by atoms with van der Waals surface area (Å²) in [6, 6.07) is 11.3. The van der Waals surface area contributed by atoms with Gasteiger partial charge in [-0.2, -0.15) is 4.68 Å². The third-order valence-electron chi connectivity index (χ3n) is 5.01. The summed E-state index contributed by atoms with van der Waals surface area (Å²) in [5.74, 6) is 0.307. The number of hydrogen-bond donors (Lipinski definition) is 1. The fourth-order valence-corrected chi connectivity index (χ4v) is 4.35. The maximum atomic E-state index is 13.5. The Labute approximate surface area is 175 Å². The molecule has 8 nitrogen and oxygen atoms in total. The average molecular weight is 427 g/mol. The number of thioether (sulfide) groups is 1. The number of benzene rings is 2. The predicted molar refractivity (Wildman–Crippen MR) is 107 cm³/mol. The van der Waals surface area contributed by atoms with E-state index >= 15 is 0 Å². The lowest BCUT2D eigenvalue weighted by Crippen LogP contribution is -2.34. The summed E-state index contributed by atoms with van der Waals surface area (Å²) in [7, 11) is 0. The van der Waals surface area contributed by atoms with Gasteiger partial charge in [0, 0.05) is 24.6 Å². The van der Waals surface area contributed by atoms with Crippen LogP contribution in [0.1, 0.15) is 25.7 Å². The molecule has 1 amide bonds. The molecule has 0 unspecified atom stereocenters. The number of amides is 1.